The molecule has 0 saturated heterocycles. The Morgan fingerprint density at radius 2 is 1.47 bits per heavy atom. The summed E-state index contributed by atoms with van der Waals surface area (Å²) in [4.78, 5) is 0. The second-order valence-corrected chi connectivity index (χ2v) is 4.16. The van der Waals surface area contributed by atoms with Crippen molar-refractivity contribution in [3.63, 3.8) is 0 Å². The molecule has 2 aromatic rings. The number of hydrogen-bond donors (Lipinski definition) is 1. The molecule has 0 aliphatic heterocycles. The molecule has 0 radical (unpaired) electrons. The van der Waals surface area contributed by atoms with Crippen molar-refractivity contribution in [3.05, 3.63) is 70.8 Å². The van der Waals surface area contributed by atoms with Gasteiger partial charge in [0.1, 0.15) is 23.3 Å². The van der Waals surface area contributed by atoms with Crippen molar-refractivity contribution < 1.29 is 22.7 Å². The van der Waals surface area contributed by atoms with E-state index < -0.39 is 29.4 Å². The van der Waals surface area contributed by atoms with Crippen LogP contribution in [-0.4, -0.2) is 5.11 Å². The zero-order valence-electron chi connectivity index (χ0n) is 9.71. The van der Waals surface area contributed by atoms with E-state index in [9.17, 15) is 22.7 Å². The summed E-state index contributed by atoms with van der Waals surface area (Å²) in [6.07, 6.45) is -1.47. The summed E-state index contributed by atoms with van der Waals surface area (Å²) >= 11 is 0. The minimum Gasteiger partial charge on any atom is -0.388 e. The van der Waals surface area contributed by atoms with Gasteiger partial charge in [0.15, 0.2) is 0 Å². The Bertz CT molecular complexity index is 578. The molecule has 100 valence electrons. The van der Waals surface area contributed by atoms with Gasteiger partial charge in [-0.1, -0.05) is 6.07 Å². The second kappa shape index (κ2) is 5.40. The Morgan fingerprint density at radius 3 is 2.05 bits per heavy atom. The standard InChI is InChI=1S/C14H10F4O/c15-9-1-2-12(13(18)7-9)14(19)5-8-3-10(16)6-11(17)4-8/h1-4,6-7,14,19H,5H2. The summed E-state index contributed by atoms with van der Waals surface area (Å²) in [5, 5.41) is 9.82. The van der Waals surface area contributed by atoms with Gasteiger partial charge in [0.25, 0.3) is 0 Å². The van der Waals surface area contributed by atoms with Gasteiger partial charge in [0.05, 0.1) is 6.10 Å². The first kappa shape index (κ1) is 13.5. The van der Waals surface area contributed by atoms with Crippen LogP contribution in [0.1, 0.15) is 17.2 Å². The third-order valence-corrected chi connectivity index (χ3v) is 2.67. The molecule has 0 aliphatic rings. The third-order valence-electron chi connectivity index (χ3n) is 2.67. The highest BCUT2D eigenvalue weighted by Gasteiger charge is 2.15. The van der Waals surface area contributed by atoms with Gasteiger partial charge in [-0.05, 0) is 23.8 Å². The summed E-state index contributed by atoms with van der Waals surface area (Å²) in [5.74, 6) is -3.21. The van der Waals surface area contributed by atoms with Crippen LogP contribution in [-0.2, 0) is 6.42 Å². The first-order chi connectivity index (χ1) is 8.95. The molecule has 2 aromatic carbocycles. The van der Waals surface area contributed by atoms with Crippen molar-refractivity contribution in [2.45, 2.75) is 12.5 Å². The number of benzene rings is 2. The van der Waals surface area contributed by atoms with Crippen LogP contribution in [0.2, 0.25) is 0 Å². The maximum atomic E-state index is 13.4. The van der Waals surface area contributed by atoms with Gasteiger partial charge in [-0.3, -0.25) is 0 Å². The van der Waals surface area contributed by atoms with Crippen LogP contribution >= 0.6 is 0 Å². The van der Waals surface area contributed by atoms with Gasteiger partial charge in [0, 0.05) is 24.1 Å². The van der Waals surface area contributed by atoms with Crippen LogP contribution in [0.3, 0.4) is 0 Å². The Kier molecular flexibility index (Phi) is 3.85. The molecule has 0 aromatic heterocycles. The minimum atomic E-state index is -1.30. The van der Waals surface area contributed by atoms with Crippen molar-refractivity contribution in [2.24, 2.45) is 0 Å². The molecule has 0 bridgehead atoms. The highest BCUT2D eigenvalue weighted by Crippen LogP contribution is 2.22. The number of aliphatic hydroxyl groups is 1. The van der Waals surface area contributed by atoms with E-state index in [0.29, 0.717) is 12.1 Å². The molecular formula is C14H10F4O. The Hall–Kier alpha value is -1.88. The van der Waals surface area contributed by atoms with Gasteiger partial charge in [-0.15, -0.1) is 0 Å². The maximum Gasteiger partial charge on any atom is 0.131 e. The van der Waals surface area contributed by atoms with Gasteiger partial charge >= 0.3 is 0 Å². The SMILES string of the molecule is OC(Cc1cc(F)cc(F)c1)c1ccc(F)cc1F. The Labute approximate surface area is 107 Å². The monoisotopic (exact) mass is 270 g/mol. The Morgan fingerprint density at radius 1 is 0.842 bits per heavy atom. The fourth-order valence-corrected chi connectivity index (χ4v) is 1.83. The quantitative estimate of drug-likeness (QED) is 0.846. The van der Waals surface area contributed by atoms with Crippen LogP contribution in [0.4, 0.5) is 17.6 Å². The normalized spacial score (nSPS) is 12.5. The molecule has 0 spiro atoms. The van der Waals surface area contributed by atoms with Crippen molar-refractivity contribution in [3.8, 4) is 0 Å². The summed E-state index contributed by atoms with van der Waals surface area (Å²) in [6.45, 7) is 0. The fraction of sp³-hybridized carbons (Fsp3) is 0.143. The average molecular weight is 270 g/mol. The molecule has 19 heavy (non-hydrogen) atoms. The topological polar surface area (TPSA) is 20.2 Å². The van der Waals surface area contributed by atoms with E-state index in [1.165, 1.54) is 0 Å². The number of halogens is 4. The molecule has 0 saturated carbocycles. The zero-order valence-corrected chi connectivity index (χ0v) is 9.71. The zero-order chi connectivity index (χ0) is 14.0. The molecule has 5 heteroatoms. The lowest BCUT2D eigenvalue weighted by Gasteiger charge is -2.12. The van der Waals surface area contributed by atoms with Crippen molar-refractivity contribution in [2.75, 3.05) is 0 Å². The van der Waals surface area contributed by atoms with E-state index in [1.807, 2.05) is 0 Å². The summed E-state index contributed by atoms with van der Waals surface area (Å²) in [6, 6.07) is 5.55. The predicted octanol–water partition coefficient (Wildman–Crippen LogP) is 3.52. The van der Waals surface area contributed by atoms with E-state index in [4.69, 9.17) is 0 Å². The third kappa shape index (κ3) is 3.32. The Balaban J connectivity index is 2.22. The van der Waals surface area contributed by atoms with E-state index in [-0.39, 0.29) is 17.5 Å². The number of rotatable bonds is 3. The van der Waals surface area contributed by atoms with Crippen LogP contribution in [0.5, 0.6) is 0 Å². The first-order valence-corrected chi connectivity index (χ1v) is 5.53. The summed E-state index contributed by atoms with van der Waals surface area (Å²) in [7, 11) is 0. The molecule has 0 aliphatic carbocycles. The highest BCUT2D eigenvalue weighted by atomic mass is 19.1. The van der Waals surface area contributed by atoms with Gasteiger partial charge in [0.2, 0.25) is 0 Å². The van der Waals surface area contributed by atoms with Crippen LogP contribution in [0.25, 0.3) is 0 Å². The average Bonchev–Trinajstić information content (AvgIpc) is 2.26. The highest BCUT2D eigenvalue weighted by molar-refractivity contribution is 5.25. The van der Waals surface area contributed by atoms with Crippen molar-refractivity contribution in [1.29, 1.82) is 0 Å². The van der Waals surface area contributed by atoms with Gasteiger partial charge < -0.3 is 5.11 Å². The predicted molar refractivity (Wildman–Crippen MR) is 61.4 cm³/mol. The number of hydrogen-bond acceptors (Lipinski definition) is 1. The minimum absolute atomic E-state index is 0.119. The van der Waals surface area contributed by atoms with Crippen LogP contribution < -0.4 is 0 Å². The fourth-order valence-electron chi connectivity index (χ4n) is 1.83. The molecule has 2 rings (SSSR count). The smallest absolute Gasteiger partial charge is 0.131 e. The molecule has 1 atom stereocenters. The maximum absolute atomic E-state index is 13.4. The number of aliphatic hydroxyl groups excluding tert-OH is 1. The second-order valence-electron chi connectivity index (χ2n) is 4.16. The van der Waals surface area contributed by atoms with E-state index in [0.717, 1.165) is 24.3 Å². The lowest BCUT2D eigenvalue weighted by molar-refractivity contribution is 0.173. The molecule has 0 fully saturated rings. The molecule has 1 nitrogen and oxygen atoms in total. The van der Waals surface area contributed by atoms with Crippen LogP contribution in [0, 0.1) is 23.3 Å². The summed E-state index contributed by atoms with van der Waals surface area (Å²) in [5.41, 5.74) is 0.0693. The van der Waals surface area contributed by atoms with E-state index in [1.54, 1.807) is 0 Å². The van der Waals surface area contributed by atoms with Gasteiger partial charge in [-0.25, -0.2) is 17.6 Å². The van der Waals surface area contributed by atoms with Crippen LogP contribution in [0.15, 0.2) is 36.4 Å². The lowest BCUT2D eigenvalue weighted by atomic mass is 10.0. The van der Waals surface area contributed by atoms with Crippen molar-refractivity contribution >= 4 is 0 Å². The largest absolute Gasteiger partial charge is 0.388 e. The molecule has 1 unspecified atom stereocenters. The molecule has 1 N–H and O–H groups in total. The van der Waals surface area contributed by atoms with Gasteiger partial charge in [-0.2, -0.15) is 0 Å². The van der Waals surface area contributed by atoms with E-state index >= 15 is 0 Å². The summed E-state index contributed by atoms with van der Waals surface area (Å²) < 4.78 is 52.1. The molecule has 0 amide bonds. The van der Waals surface area contributed by atoms with E-state index in [2.05, 4.69) is 0 Å². The first-order valence-electron chi connectivity index (χ1n) is 5.53. The lowest BCUT2D eigenvalue weighted by Crippen LogP contribution is -2.05. The molecule has 0 heterocycles. The molecular weight excluding hydrogens is 260 g/mol. The van der Waals surface area contributed by atoms with Crippen molar-refractivity contribution in [1.82, 2.24) is 0 Å².